The van der Waals surface area contributed by atoms with Crippen LogP contribution in [0.1, 0.15) is 33.6 Å². The lowest BCUT2D eigenvalue weighted by Gasteiger charge is -2.09. The van der Waals surface area contributed by atoms with Gasteiger partial charge in [0.05, 0.1) is 26.4 Å². The molecule has 2 N–H and O–H groups in total. The standard InChI is InChI=1S/C14H28N2O4/c1-12(2)15-6-8-19-10-11-20-9-7-16-14(18)5-4-13(3)17/h12,15H,4-11H2,1-3H3,(H,16,18). The summed E-state index contributed by atoms with van der Waals surface area (Å²) in [5.74, 6) is -0.0830. The summed E-state index contributed by atoms with van der Waals surface area (Å²) in [4.78, 5) is 21.9. The Hall–Kier alpha value is -0.980. The fourth-order valence-electron chi connectivity index (χ4n) is 1.38. The fraction of sp³-hybridized carbons (Fsp3) is 0.857. The summed E-state index contributed by atoms with van der Waals surface area (Å²) in [5.41, 5.74) is 0. The number of amides is 1. The lowest BCUT2D eigenvalue weighted by atomic mass is 10.2. The molecule has 0 aromatic rings. The van der Waals surface area contributed by atoms with E-state index in [4.69, 9.17) is 9.47 Å². The summed E-state index contributed by atoms with van der Waals surface area (Å²) in [7, 11) is 0. The molecule has 0 unspecified atom stereocenters. The number of ether oxygens (including phenoxy) is 2. The molecule has 0 aromatic heterocycles. The Morgan fingerprint density at radius 3 is 2.10 bits per heavy atom. The summed E-state index contributed by atoms with van der Waals surface area (Å²) < 4.78 is 10.7. The van der Waals surface area contributed by atoms with Gasteiger partial charge in [-0.05, 0) is 6.92 Å². The highest BCUT2D eigenvalue weighted by Gasteiger charge is 2.02. The molecule has 0 spiro atoms. The molecule has 6 heteroatoms. The third-order valence-electron chi connectivity index (χ3n) is 2.44. The van der Waals surface area contributed by atoms with Crippen LogP contribution in [0.2, 0.25) is 0 Å². The largest absolute Gasteiger partial charge is 0.378 e. The lowest BCUT2D eigenvalue weighted by molar-refractivity contribution is -0.124. The first kappa shape index (κ1) is 19.0. The number of carbonyl (C=O) groups is 2. The van der Waals surface area contributed by atoms with Crippen LogP contribution in [0, 0.1) is 0 Å². The van der Waals surface area contributed by atoms with Gasteiger partial charge in [-0.3, -0.25) is 4.79 Å². The number of hydrogen-bond donors (Lipinski definition) is 2. The molecule has 0 aliphatic heterocycles. The molecule has 0 aromatic carbocycles. The SMILES string of the molecule is CC(=O)CCC(=O)NCCOCCOCCNC(C)C. The molecule has 6 nitrogen and oxygen atoms in total. The van der Waals surface area contributed by atoms with Gasteiger partial charge in [-0.25, -0.2) is 0 Å². The van der Waals surface area contributed by atoms with Crippen LogP contribution in [-0.4, -0.2) is 57.2 Å². The molecule has 0 bridgehead atoms. The van der Waals surface area contributed by atoms with Crippen molar-refractivity contribution in [1.82, 2.24) is 10.6 Å². The molecule has 0 fully saturated rings. The van der Waals surface area contributed by atoms with Crippen molar-refractivity contribution in [2.45, 2.75) is 39.7 Å². The second kappa shape index (κ2) is 13.0. The maximum absolute atomic E-state index is 11.3. The molecule has 118 valence electrons. The van der Waals surface area contributed by atoms with E-state index in [1.165, 1.54) is 6.92 Å². The molecule has 1 amide bonds. The molecule has 0 aliphatic rings. The fourth-order valence-corrected chi connectivity index (χ4v) is 1.38. The first-order valence-corrected chi connectivity index (χ1v) is 7.17. The molecule has 0 heterocycles. The molecule has 0 saturated carbocycles. The van der Waals surface area contributed by atoms with E-state index in [0.717, 1.165) is 6.54 Å². The van der Waals surface area contributed by atoms with Gasteiger partial charge in [0, 0.05) is 32.0 Å². The number of hydrogen-bond acceptors (Lipinski definition) is 5. The normalized spacial score (nSPS) is 10.8. The molecule has 0 aliphatic carbocycles. The van der Waals surface area contributed by atoms with Crippen LogP contribution in [0.15, 0.2) is 0 Å². The molecule has 0 saturated heterocycles. The van der Waals surface area contributed by atoms with Gasteiger partial charge in [0.25, 0.3) is 0 Å². The number of ketones is 1. The van der Waals surface area contributed by atoms with E-state index in [9.17, 15) is 9.59 Å². The van der Waals surface area contributed by atoms with Gasteiger partial charge in [0.2, 0.25) is 5.91 Å². The highest BCUT2D eigenvalue weighted by molar-refractivity contribution is 5.83. The van der Waals surface area contributed by atoms with Gasteiger partial charge in [0.15, 0.2) is 0 Å². The van der Waals surface area contributed by atoms with Crippen molar-refractivity contribution in [2.75, 3.05) is 39.5 Å². The van der Waals surface area contributed by atoms with Crippen molar-refractivity contribution in [3.05, 3.63) is 0 Å². The Balaban J connectivity index is 3.16. The Morgan fingerprint density at radius 2 is 1.55 bits per heavy atom. The van der Waals surface area contributed by atoms with Crippen LogP contribution in [0.3, 0.4) is 0 Å². The highest BCUT2D eigenvalue weighted by Crippen LogP contribution is 1.89. The van der Waals surface area contributed by atoms with Crippen LogP contribution in [0.25, 0.3) is 0 Å². The number of nitrogens with one attached hydrogen (secondary N) is 2. The predicted molar refractivity (Wildman–Crippen MR) is 77.7 cm³/mol. The van der Waals surface area contributed by atoms with Crippen molar-refractivity contribution in [2.24, 2.45) is 0 Å². The molecular formula is C14H28N2O4. The molecular weight excluding hydrogens is 260 g/mol. The third kappa shape index (κ3) is 15.1. The summed E-state index contributed by atoms with van der Waals surface area (Å²) in [6, 6.07) is 0.474. The van der Waals surface area contributed by atoms with Crippen molar-refractivity contribution in [3.8, 4) is 0 Å². The summed E-state index contributed by atoms with van der Waals surface area (Å²) >= 11 is 0. The first-order chi connectivity index (χ1) is 9.52. The van der Waals surface area contributed by atoms with Gasteiger partial charge in [-0.2, -0.15) is 0 Å². The molecule has 0 rings (SSSR count). The van der Waals surface area contributed by atoms with Gasteiger partial charge < -0.3 is 24.9 Å². The molecule has 0 radical (unpaired) electrons. The maximum atomic E-state index is 11.3. The Kier molecular flexibility index (Phi) is 12.4. The first-order valence-electron chi connectivity index (χ1n) is 7.17. The summed E-state index contributed by atoms with van der Waals surface area (Å²) in [6.45, 7) is 9.16. The van der Waals surface area contributed by atoms with Crippen LogP contribution in [0.4, 0.5) is 0 Å². The number of rotatable bonds is 13. The average molecular weight is 288 g/mol. The Morgan fingerprint density at radius 1 is 0.950 bits per heavy atom. The van der Waals surface area contributed by atoms with Crippen LogP contribution in [0.5, 0.6) is 0 Å². The van der Waals surface area contributed by atoms with E-state index in [0.29, 0.717) is 45.4 Å². The second-order valence-electron chi connectivity index (χ2n) is 4.89. The Bertz CT molecular complexity index is 270. The van der Waals surface area contributed by atoms with E-state index >= 15 is 0 Å². The predicted octanol–water partition coefficient (Wildman–Crippen LogP) is 0.503. The van der Waals surface area contributed by atoms with E-state index in [1.807, 2.05) is 0 Å². The van der Waals surface area contributed by atoms with E-state index in [-0.39, 0.29) is 18.1 Å². The van der Waals surface area contributed by atoms with Gasteiger partial charge in [-0.1, -0.05) is 13.8 Å². The van der Waals surface area contributed by atoms with Crippen molar-refractivity contribution in [1.29, 1.82) is 0 Å². The third-order valence-corrected chi connectivity index (χ3v) is 2.44. The maximum Gasteiger partial charge on any atom is 0.220 e. The second-order valence-corrected chi connectivity index (χ2v) is 4.89. The minimum absolute atomic E-state index is 0.0282. The molecule has 0 atom stereocenters. The van der Waals surface area contributed by atoms with Crippen molar-refractivity contribution >= 4 is 11.7 Å². The quantitative estimate of drug-likeness (QED) is 0.483. The van der Waals surface area contributed by atoms with E-state index in [2.05, 4.69) is 24.5 Å². The van der Waals surface area contributed by atoms with Crippen LogP contribution < -0.4 is 10.6 Å². The molecule has 20 heavy (non-hydrogen) atoms. The zero-order chi connectivity index (χ0) is 15.2. The van der Waals surface area contributed by atoms with Crippen molar-refractivity contribution in [3.63, 3.8) is 0 Å². The summed E-state index contributed by atoms with van der Waals surface area (Å²) in [6.07, 6.45) is 0.548. The minimum atomic E-state index is -0.111. The lowest BCUT2D eigenvalue weighted by Crippen LogP contribution is -2.28. The van der Waals surface area contributed by atoms with Crippen LogP contribution in [-0.2, 0) is 19.1 Å². The summed E-state index contributed by atoms with van der Waals surface area (Å²) in [5, 5.41) is 5.95. The van der Waals surface area contributed by atoms with Gasteiger partial charge >= 0.3 is 0 Å². The smallest absolute Gasteiger partial charge is 0.220 e. The topological polar surface area (TPSA) is 76.7 Å². The monoisotopic (exact) mass is 288 g/mol. The highest BCUT2D eigenvalue weighted by atomic mass is 16.5. The van der Waals surface area contributed by atoms with Gasteiger partial charge in [-0.15, -0.1) is 0 Å². The van der Waals surface area contributed by atoms with Gasteiger partial charge in [0.1, 0.15) is 5.78 Å². The minimum Gasteiger partial charge on any atom is -0.378 e. The van der Waals surface area contributed by atoms with Crippen molar-refractivity contribution < 1.29 is 19.1 Å². The number of carbonyl (C=O) groups excluding carboxylic acids is 2. The average Bonchev–Trinajstić information content (AvgIpc) is 2.38. The van der Waals surface area contributed by atoms with Crippen LogP contribution >= 0.6 is 0 Å². The Labute approximate surface area is 121 Å². The zero-order valence-corrected chi connectivity index (χ0v) is 12.9. The zero-order valence-electron chi connectivity index (χ0n) is 12.9. The number of Topliss-reactive ketones (excluding diaryl/α,β-unsaturated/α-hetero) is 1. The van der Waals surface area contributed by atoms with E-state index < -0.39 is 0 Å². The van der Waals surface area contributed by atoms with E-state index in [1.54, 1.807) is 0 Å².